The average molecular weight is 436 g/mol. The fourth-order valence-electron chi connectivity index (χ4n) is 3.65. The fourth-order valence-corrected chi connectivity index (χ4v) is 3.65. The summed E-state index contributed by atoms with van der Waals surface area (Å²) in [6.07, 6.45) is 3.76. The van der Waals surface area contributed by atoms with Crippen LogP contribution in [0.1, 0.15) is 37.4 Å². The maximum Gasteiger partial charge on any atom is 0.290 e. The van der Waals surface area contributed by atoms with Gasteiger partial charge in [0.2, 0.25) is 0 Å². The molecule has 0 saturated heterocycles. The van der Waals surface area contributed by atoms with Crippen molar-refractivity contribution >= 4 is 17.8 Å². The van der Waals surface area contributed by atoms with Gasteiger partial charge in [0.15, 0.2) is 11.5 Å². The molecule has 0 bridgehead atoms. The van der Waals surface area contributed by atoms with Crippen molar-refractivity contribution in [2.45, 2.75) is 32.4 Å². The van der Waals surface area contributed by atoms with Gasteiger partial charge in [-0.2, -0.15) is 0 Å². The van der Waals surface area contributed by atoms with E-state index >= 15 is 0 Å². The molecule has 3 rings (SSSR count). The summed E-state index contributed by atoms with van der Waals surface area (Å²) in [4.78, 5) is 27.6. The van der Waals surface area contributed by atoms with Gasteiger partial charge in [0.25, 0.3) is 5.91 Å². The number of ether oxygens (including phenoxy) is 2. The molecule has 0 saturated carbocycles. The molecule has 2 aromatic carbocycles. The van der Waals surface area contributed by atoms with E-state index in [0.29, 0.717) is 25.3 Å². The first-order chi connectivity index (χ1) is 15.4. The number of benzene rings is 2. The van der Waals surface area contributed by atoms with Gasteiger partial charge >= 0.3 is 0 Å². The van der Waals surface area contributed by atoms with Crippen LogP contribution in [0.25, 0.3) is 6.08 Å². The number of ketones is 1. The van der Waals surface area contributed by atoms with Crippen LogP contribution in [0.2, 0.25) is 0 Å². The minimum Gasteiger partial charge on any atom is -0.503 e. The van der Waals surface area contributed by atoms with Crippen LogP contribution in [0.5, 0.6) is 5.75 Å². The number of carbonyl (C=O) groups excluding carboxylic acids is 2. The summed E-state index contributed by atoms with van der Waals surface area (Å²) < 4.78 is 10.8. The summed E-state index contributed by atoms with van der Waals surface area (Å²) >= 11 is 0. The number of methoxy groups -OCH3 is 1. The van der Waals surface area contributed by atoms with Crippen molar-refractivity contribution < 1.29 is 24.2 Å². The number of nitrogens with zero attached hydrogens (tertiary/aromatic N) is 1. The Morgan fingerprint density at radius 1 is 1.12 bits per heavy atom. The minimum atomic E-state index is -0.680. The van der Waals surface area contributed by atoms with Gasteiger partial charge in [-0.1, -0.05) is 48.5 Å². The molecule has 1 N–H and O–H groups in total. The summed E-state index contributed by atoms with van der Waals surface area (Å²) in [5.74, 6) is -0.786. The molecular formula is C26H29NO5. The van der Waals surface area contributed by atoms with Gasteiger partial charge in [-0.25, -0.2) is 0 Å². The second kappa shape index (κ2) is 10.8. The van der Waals surface area contributed by atoms with Crippen LogP contribution in [-0.4, -0.2) is 48.1 Å². The van der Waals surface area contributed by atoms with E-state index in [1.807, 2.05) is 44.2 Å². The monoisotopic (exact) mass is 435 g/mol. The second-order valence-electron chi connectivity index (χ2n) is 7.82. The highest BCUT2D eigenvalue weighted by Crippen LogP contribution is 2.38. The highest BCUT2D eigenvalue weighted by atomic mass is 16.5. The molecule has 0 unspecified atom stereocenters. The number of hydrogen-bond donors (Lipinski definition) is 1. The standard InChI is InChI=1S/C26H29NO5/c1-18(2)32-17-7-16-27-24(20-11-13-21(31-3)14-12-20)23(25(29)26(27)30)22(28)15-10-19-8-5-4-6-9-19/h4-6,8-15,18,24,29H,7,16-17H2,1-3H3/b15-10+/t24-/m0/s1. The molecule has 6 heteroatoms. The average Bonchev–Trinajstić information content (AvgIpc) is 3.06. The van der Waals surface area contributed by atoms with Crippen molar-refractivity contribution in [3.8, 4) is 5.75 Å². The lowest BCUT2D eigenvalue weighted by molar-refractivity contribution is -0.129. The van der Waals surface area contributed by atoms with Crippen LogP contribution in [0.4, 0.5) is 0 Å². The fraction of sp³-hybridized carbons (Fsp3) is 0.308. The summed E-state index contributed by atoms with van der Waals surface area (Å²) in [5.41, 5.74) is 1.66. The Morgan fingerprint density at radius 2 is 1.81 bits per heavy atom. The Labute approximate surface area is 188 Å². The number of aliphatic hydroxyl groups is 1. The molecule has 168 valence electrons. The first kappa shape index (κ1) is 23.3. The first-order valence-electron chi connectivity index (χ1n) is 10.7. The molecule has 1 amide bonds. The summed E-state index contributed by atoms with van der Waals surface area (Å²) in [5, 5.41) is 10.7. The van der Waals surface area contributed by atoms with Gasteiger partial charge in [-0.15, -0.1) is 0 Å². The molecule has 1 heterocycles. The van der Waals surface area contributed by atoms with Gasteiger partial charge in [0, 0.05) is 13.2 Å². The second-order valence-corrected chi connectivity index (χ2v) is 7.82. The topological polar surface area (TPSA) is 76.1 Å². The Kier molecular flexibility index (Phi) is 7.84. The molecule has 32 heavy (non-hydrogen) atoms. The van der Waals surface area contributed by atoms with Crippen LogP contribution >= 0.6 is 0 Å². The van der Waals surface area contributed by atoms with E-state index in [1.165, 1.54) is 11.0 Å². The smallest absolute Gasteiger partial charge is 0.290 e. The maximum atomic E-state index is 13.1. The Bertz CT molecular complexity index is 993. The van der Waals surface area contributed by atoms with Gasteiger partial charge < -0.3 is 19.5 Å². The molecule has 0 aromatic heterocycles. The van der Waals surface area contributed by atoms with Gasteiger partial charge in [0.05, 0.1) is 24.8 Å². The van der Waals surface area contributed by atoms with Crippen LogP contribution < -0.4 is 4.74 Å². The van der Waals surface area contributed by atoms with Crippen LogP contribution in [0.3, 0.4) is 0 Å². The zero-order valence-electron chi connectivity index (χ0n) is 18.7. The van der Waals surface area contributed by atoms with Gasteiger partial charge in [-0.3, -0.25) is 9.59 Å². The van der Waals surface area contributed by atoms with E-state index in [1.54, 1.807) is 37.5 Å². The summed E-state index contributed by atoms with van der Waals surface area (Å²) in [6, 6.07) is 15.9. The van der Waals surface area contributed by atoms with Crippen LogP contribution in [0, 0.1) is 0 Å². The van der Waals surface area contributed by atoms with Crippen molar-refractivity contribution in [2.24, 2.45) is 0 Å². The minimum absolute atomic E-state index is 0.0807. The summed E-state index contributed by atoms with van der Waals surface area (Å²) in [6.45, 7) is 4.73. The Hall–Kier alpha value is -3.38. The van der Waals surface area contributed by atoms with Crippen molar-refractivity contribution in [3.05, 3.63) is 83.1 Å². The van der Waals surface area contributed by atoms with Crippen molar-refractivity contribution in [1.29, 1.82) is 0 Å². The molecule has 0 spiro atoms. The van der Waals surface area contributed by atoms with E-state index in [4.69, 9.17) is 9.47 Å². The first-order valence-corrected chi connectivity index (χ1v) is 10.7. The maximum absolute atomic E-state index is 13.1. The molecule has 1 aliphatic rings. The highest BCUT2D eigenvalue weighted by molar-refractivity contribution is 6.14. The van der Waals surface area contributed by atoms with Crippen LogP contribution in [0.15, 0.2) is 72.0 Å². The lowest BCUT2D eigenvalue weighted by Gasteiger charge is -2.27. The zero-order valence-corrected chi connectivity index (χ0v) is 18.7. The molecular weight excluding hydrogens is 406 g/mol. The third-order valence-electron chi connectivity index (χ3n) is 5.22. The molecule has 6 nitrogen and oxygen atoms in total. The van der Waals surface area contributed by atoms with Crippen LogP contribution in [-0.2, 0) is 14.3 Å². The lowest BCUT2D eigenvalue weighted by Crippen LogP contribution is -2.32. The number of hydrogen-bond acceptors (Lipinski definition) is 5. The number of allylic oxidation sites excluding steroid dienone is 1. The quantitative estimate of drug-likeness (QED) is 0.440. The van der Waals surface area contributed by atoms with E-state index in [2.05, 4.69) is 0 Å². The molecule has 0 aliphatic carbocycles. The van der Waals surface area contributed by atoms with Gasteiger partial charge in [-0.05, 0) is 49.6 Å². The van der Waals surface area contributed by atoms with Gasteiger partial charge in [0.1, 0.15) is 5.75 Å². The molecule has 0 fully saturated rings. The van der Waals surface area contributed by atoms with E-state index < -0.39 is 23.5 Å². The Balaban J connectivity index is 1.90. The number of rotatable bonds is 10. The normalized spacial score (nSPS) is 16.4. The highest BCUT2D eigenvalue weighted by Gasteiger charge is 2.42. The van der Waals surface area contributed by atoms with Crippen molar-refractivity contribution in [2.75, 3.05) is 20.3 Å². The number of carbonyl (C=O) groups is 2. The lowest BCUT2D eigenvalue weighted by atomic mass is 9.95. The predicted octanol–water partition coefficient (Wildman–Crippen LogP) is 4.49. The van der Waals surface area contributed by atoms with Crippen molar-refractivity contribution in [1.82, 2.24) is 4.90 Å². The van der Waals surface area contributed by atoms with E-state index in [9.17, 15) is 14.7 Å². The van der Waals surface area contributed by atoms with Crippen molar-refractivity contribution in [3.63, 3.8) is 0 Å². The Morgan fingerprint density at radius 3 is 2.44 bits per heavy atom. The molecule has 1 atom stereocenters. The molecule has 2 aromatic rings. The predicted molar refractivity (Wildman–Crippen MR) is 123 cm³/mol. The zero-order chi connectivity index (χ0) is 23.1. The molecule has 0 radical (unpaired) electrons. The van der Waals surface area contributed by atoms with E-state index in [0.717, 1.165) is 11.1 Å². The number of amides is 1. The SMILES string of the molecule is COc1ccc([C@H]2C(C(=O)/C=C/c3ccccc3)=C(O)C(=O)N2CCCOC(C)C)cc1. The number of aliphatic hydroxyl groups excluding tert-OH is 1. The largest absolute Gasteiger partial charge is 0.503 e. The summed E-state index contributed by atoms with van der Waals surface area (Å²) in [7, 11) is 1.57. The molecule has 1 aliphatic heterocycles. The third-order valence-corrected chi connectivity index (χ3v) is 5.22. The third kappa shape index (κ3) is 5.45. The van der Waals surface area contributed by atoms with E-state index in [-0.39, 0.29) is 11.7 Å².